The van der Waals surface area contributed by atoms with E-state index >= 15 is 0 Å². The van der Waals surface area contributed by atoms with Crippen molar-refractivity contribution in [2.24, 2.45) is 0 Å². The highest BCUT2D eigenvalue weighted by atomic mass is 16.5. The van der Waals surface area contributed by atoms with Crippen LogP contribution >= 0.6 is 0 Å². The standard InChI is InChI=1S/C17H25N3O/c1-11(2)16-19-17(21-20-16)14(5)18-13(4)10-15-8-6-12(3)7-9-15/h6-9,11,13-14,18H,10H2,1-5H3/t13-,14-/m1/s1. The summed E-state index contributed by atoms with van der Waals surface area (Å²) in [6.45, 7) is 10.5. The minimum atomic E-state index is 0.0606. The van der Waals surface area contributed by atoms with Crippen LogP contribution in [0.5, 0.6) is 0 Å². The van der Waals surface area contributed by atoms with Gasteiger partial charge in [0.25, 0.3) is 0 Å². The van der Waals surface area contributed by atoms with E-state index in [1.54, 1.807) is 0 Å². The van der Waals surface area contributed by atoms with E-state index in [4.69, 9.17) is 4.52 Å². The van der Waals surface area contributed by atoms with Gasteiger partial charge in [0, 0.05) is 12.0 Å². The third-order valence-electron chi connectivity index (χ3n) is 3.54. The second-order valence-corrected chi connectivity index (χ2v) is 6.12. The Morgan fingerprint density at radius 2 is 1.76 bits per heavy atom. The van der Waals surface area contributed by atoms with E-state index in [0.29, 0.717) is 17.9 Å². The molecule has 0 aliphatic heterocycles. The number of hydrogen-bond acceptors (Lipinski definition) is 4. The lowest BCUT2D eigenvalue weighted by molar-refractivity contribution is 0.323. The van der Waals surface area contributed by atoms with Gasteiger partial charge in [0.2, 0.25) is 5.89 Å². The third kappa shape index (κ3) is 4.39. The molecule has 0 aliphatic rings. The summed E-state index contributed by atoms with van der Waals surface area (Å²) in [5.41, 5.74) is 2.63. The summed E-state index contributed by atoms with van der Waals surface area (Å²) in [4.78, 5) is 4.44. The van der Waals surface area contributed by atoms with E-state index in [1.165, 1.54) is 11.1 Å². The molecule has 4 nitrogen and oxygen atoms in total. The lowest BCUT2D eigenvalue weighted by Crippen LogP contribution is -2.30. The van der Waals surface area contributed by atoms with Gasteiger partial charge in [-0.25, -0.2) is 0 Å². The minimum absolute atomic E-state index is 0.0606. The molecule has 0 saturated heterocycles. The van der Waals surface area contributed by atoms with Crippen LogP contribution in [0, 0.1) is 6.92 Å². The number of hydrogen-bond donors (Lipinski definition) is 1. The first-order chi connectivity index (χ1) is 9.95. The molecule has 2 rings (SSSR count). The summed E-state index contributed by atoms with van der Waals surface area (Å²) < 4.78 is 5.33. The molecule has 0 amide bonds. The van der Waals surface area contributed by atoms with Gasteiger partial charge in [-0.1, -0.05) is 48.8 Å². The van der Waals surface area contributed by atoms with Crippen molar-refractivity contribution in [3.63, 3.8) is 0 Å². The fraction of sp³-hybridized carbons (Fsp3) is 0.529. The topological polar surface area (TPSA) is 51.0 Å². The molecule has 0 radical (unpaired) electrons. The lowest BCUT2D eigenvalue weighted by atomic mass is 10.0. The van der Waals surface area contributed by atoms with Crippen molar-refractivity contribution in [2.45, 2.75) is 59.0 Å². The zero-order valence-corrected chi connectivity index (χ0v) is 13.6. The van der Waals surface area contributed by atoms with E-state index < -0.39 is 0 Å². The van der Waals surface area contributed by atoms with Crippen molar-refractivity contribution in [3.8, 4) is 0 Å². The first-order valence-corrected chi connectivity index (χ1v) is 7.60. The molecule has 0 fully saturated rings. The number of benzene rings is 1. The summed E-state index contributed by atoms with van der Waals surface area (Å²) in [5.74, 6) is 1.72. The molecule has 0 saturated carbocycles. The molecule has 0 bridgehead atoms. The fourth-order valence-corrected chi connectivity index (χ4v) is 2.29. The summed E-state index contributed by atoms with van der Waals surface area (Å²) >= 11 is 0. The van der Waals surface area contributed by atoms with Gasteiger partial charge in [-0.05, 0) is 32.8 Å². The number of aryl methyl sites for hydroxylation is 1. The maximum atomic E-state index is 5.33. The molecular formula is C17H25N3O. The highest BCUT2D eigenvalue weighted by Gasteiger charge is 2.17. The minimum Gasteiger partial charge on any atom is -0.338 e. The molecule has 1 aromatic carbocycles. The largest absolute Gasteiger partial charge is 0.338 e. The third-order valence-corrected chi connectivity index (χ3v) is 3.54. The van der Waals surface area contributed by atoms with Gasteiger partial charge < -0.3 is 9.84 Å². The monoisotopic (exact) mass is 287 g/mol. The molecule has 21 heavy (non-hydrogen) atoms. The Morgan fingerprint density at radius 3 is 2.33 bits per heavy atom. The molecule has 1 N–H and O–H groups in total. The smallest absolute Gasteiger partial charge is 0.243 e. The van der Waals surface area contributed by atoms with Crippen LogP contribution in [0.15, 0.2) is 28.8 Å². The predicted octanol–water partition coefficient (Wildman–Crippen LogP) is 3.78. The van der Waals surface area contributed by atoms with Crippen LogP contribution in [0.2, 0.25) is 0 Å². The normalized spacial score (nSPS) is 14.4. The summed E-state index contributed by atoms with van der Waals surface area (Å²) in [6, 6.07) is 9.07. The van der Waals surface area contributed by atoms with E-state index in [2.05, 4.69) is 74.3 Å². The Bertz CT molecular complexity index is 560. The van der Waals surface area contributed by atoms with Gasteiger partial charge in [-0.2, -0.15) is 4.98 Å². The van der Waals surface area contributed by atoms with Gasteiger partial charge >= 0.3 is 0 Å². The molecule has 0 aliphatic carbocycles. The van der Waals surface area contributed by atoms with Crippen molar-refractivity contribution in [1.82, 2.24) is 15.5 Å². The lowest BCUT2D eigenvalue weighted by Gasteiger charge is -2.17. The van der Waals surface area contributed by atoms with Gasteiger partial charge in [0.05, 0.1) is 6.04 Å². The highest BCUT2D eigenvalue weighted by Crippen LogP contribution is 2.16. The van der Waals surface area contributed by atoms with Crippen molar-refractivity contribution in [2.75, 3.05) is 0 Å². The van der Waals surface area contributed by atoms with E-state index in [0.717, 1.165) is 12.2 Å². The first-order valence-electron chi connectivity index (χ1n) is 7.60. The maximum absolute atomic E-state index is 5.33. The summed E-state index contributed by atoms with van der Waals surface area (Å²) in [6.07, 6.45) is 0.982. The maximum Gasteiger partial charge on any atom is 0.243 e. The first kappa shape index (κ1) is 15.7. The predicted molar refractivity (Wildman–Crippen MR) is 84.3 cm³/mol. The Labute approximate surface area is 127 Å². The SMILES string of the molecule is Cc1ccc(C[C@@H](C)N[C@H](C)c2nc(C(C)C)no2)cc1. The number of nitrogens with zero attached hydrogens (tertiary/aromatic N) is 2. The van der Waals surface area contributed by atoms with Gasteiger partial charge in [0.15, 0.2) is 5.82 Å². The molecule has 114 valence electrons. The van der Waals surface area contributed by atoms with Crippen molar-refractivity contribution < 1.29 is 4.52 Å². The molecule has 4 heteroatoms. The second kappa shape index (κ2) is 6.85. The van der Waals surface area contributed by atoms with Crippen LogP contribution in [-0.2, 0) is 6.42 Å². The molecule has 1 heterocycles. The van der Waals surface area contributed by atoms with Crippen molar-refractivity contribution >= 4 is 0 Å². The quantitative estimate of drug-likeness (QED) is 0.878. The Kier molecular flexibility index (Phi) is 5.12. The van der Waals surface area contributed by atoms with Gasteiger partial charge in [-0.15, -0.1) is 0 Å². The van der Waals surface area contributed by atoms with Crippen LogP contribution in [0.3, 0.4) is 0 Å². The van der Waals surface area contributed by atoms with Crippen molar-refractivity contribution in [3.05, 3.63) is 47.1 Å². The van der Waals surface area contributed by atoms with Crippen LogP contribution < -0.4 is 5.32 Å². The number of rotatable bonds is 6. The molecule has 0 unspecified atom stereocenters. The number of aromatic nitrogens is 2. The van der Waals surface area contributed by atoms with E-state index in [-0.39, 0.29) is 6.04 Å². The highest BCUT2D eigenvalue weighted by molar-refractivity contribution is 5.22. The zero-order valence-electron chi connectivity index (χ0n) is 13.6. The Balaban J connectivity index is 1.91. The van der Waals surface area contributed by atoms with Crippen LogP contribution in [0.25, 0.3) is 0 Å². The van der Waals surface area contributed by atoms with Crippen LogP contribution in [-0.4, -0.2) is 16.2 Å². The van der Waals surface area contributed by atoms with Crippen LogP contribution in [0.4, 0.5) is 0 Å². The summed E-state index contributed by atoms with van der Waals surface area (Å²) in [5, 5.41) is 7.53. The molecule has 0 spiro atoms. The number of nitrogens with one attached hydrogen (secondary N) is 1. The molecule has 1 aromatic heterocycles. The Morgan fingerprint density at radius 1 is 1.10 bits per heavy atom. The Hall–Kier alpha value is -1.68. The summed E-state index contributed by atoms with van der Waals surface area (Å²) in [7, 11) is 0. The average molecular weight is 287 g/mol. The molecular weight excluding hydrogens is 262 g/mol. The van der Waals surface area contributed by atoms with Crippen LogP contribution in [0.1, 0.15) is 62.5 Å². The van der Waals surface area contributed by atoms with E-state index in [1.807, 2.05) is 0 Å². The van der Waals surface area contributed by atoms with Crippen molar-refractivity contribution in [1.29, 1.82) is 0 Å². The molecule has 2 atom stereocenters. The molecule has 2 aromatic rings. The fourth-order valence-electron chi connectivity index (χ4n) is 2.29. The average Bonchev–Trinajstić information content (AvgIpc) is 2.91. The second-order valence-electron chi connectivity index (χ2n) is 6.12. The zero-order chi connectivity index (χ0) is 15.4. The van der Waals surface area contributed by atoms with Gasteiger partial charge in [0.1, 0.15) is 0 Å². The van der Waals surface area contributed by atoms with Gasteiger partial charge in [-0.3, -0.25) is 0 Å². The van der Waals surface area contributed by atoms with E-state index in [9.17, 15) is 0 Å².